The maximum absolute atomic E-state index is 12.7. The number of carbonyl (C=O) groups excluding carboxylic acids is 1. The van der Waals surface area contributed by atoms with E-state index in [1.807, 2.05) is 59.6 Å². The quantitative estimate of drug-likeness (QED) is 0.272. The Morgan fingerprint density at radius 3 is 2.43 bits per heavy atom. The van der Waals surface area contributed by atoms with E-state index >= 15 is 0 Å². The number of rotatable bonds is 5. The first kappa shape index (κ1) is 22.5. The number of amidine groups is 1. The number of thioether (sulfide) groups is 1. The summed E-state index contributed by atoms with van der Waals surface area (Å²) in [7, 11) is 1.63. The van der Waals surface area contributed by atoms with Gasteiger partial charge in [-0.1, -0.05) is 42.5 Å². The number of amides is 1. The van der Waals surface area contributed by atoms with Crippen LogP contribution in [0.3, 0.4) is 0 Å². The van der Waals surface area contributed by atoms with Crippen LogP contribution in [0.2, 0.25) is 0 Å². The highest BCUT2D eigenvalue weighted by atomic mass is 32.2. The van der Waals surface area contributed by atoms with Crippen LogP contribution in [0.25, 0.3) is 6.08 Å². The SMILES string of the molecule is COc1ccc(C2CC(c3ccccc3)=NN2C2=NC(=O)/C(=C/c3ccc([N+](=O)[O-])cc3)S2)cc1. The van der Waals surface area contributed by atoms with Crippen molar-refractivity contribution in [3.05, 3.63) is 111 Å². The van der Waals surface area contributed by atoms with Crippen molar-refractivity contribution in [1.29, 1.82) is 0 Å². The fourth-order valence-electron chi connectivity index (χ4n) is 3.92. The van der Waals surface area contributed by atoms with Crippen molar-refractivity contribution >= 4 is 40.3 Å². The zero-order valence-electron chi connectivity index (χ0n) is 18.7. The molecule has 2 heterocycles. The Labute approximate surface area is 205 Å². The minimum atomic E-state index is -0.456. The van der Waals surface area contributed by atoms with Crippen LogP contribution in [0.1, 0.15) is 29.2 Å². The van der Waals surface area contributed by atoms with E-state index in [1.165, 1.54) is 23.9 Å². The number of nitro groups is 1. The Morgan fingerprint density at radius 1 is 1.06 bits per heavy atom. The van der Waals surface area contributed by atoms with E-state index in [4.69, 9.17) is 9.84 Å². The third-order valence-corrected chi connectivity index (χ3v) is 6.70. The molecule has 0 radical (unpaired) electrons. The first-order valence-electron chi connectivity index (χ1n) is 10.8. The molecule has 5 rings (SSSR count). The zero-order valence-corrected chi connectivity index (χ0v) is 19.5. The van der Waals surface area contributed by atoms with Crippen molar-refractivity contribution in [2.45, 2.75) is 12.5 Å². The van der Waals surface area contributed by atoms with Gasteiger partial charge < -0.3 is 4.74 Å². The van der Waals surface area contributed by atoms with E-state index in [0.29, 0.717) is 22.1 Å². The molecular formula is C26H20N4O4S. The number of carbonyl (C=O) groups is 1. The van der Waals surface area contributed by atoms with Gasteiger partial charge in [0.15, 0.2) is 5.17 Å². The lowest BCUT2D eigenvalue weighted by Gasteiger charge is -2.22. The first-order chi connectivity index (χ1) is 17.0. The highest BCUT2D eigenvalue weighted by Crippen LogP contribution is 2.40. The lowest BCUT2D eigenvalue weighted by atomic mass is 9.98. The number of hydrogen-bond donors (Lipinski definition) is 0. The summed E-state index contributed by atoms with van der Waals surface area (Å²) >= 11 is 1.25. The van der Waals surface area contributed by atoms with Crippen LogP contribution in [0.15, 0.2) is 93.9 Å². The predicted molar refractivity (Wildman–Crippen MR) is 136 cm³/mol. The highest BCUT2D eigenvalue weighted by Gasteiger charge is 2.36. The van der Waals surface area contributed by atoms with Gasteiger partial charge in [0.1, 0.15) is 5.75 Å². The third kappa shape index (κ3) is 4.71. The van der Waals surface area contributed by atoms with Gasteiger partial charge in [-0.25, -0.2) is 5.01 Å². The first-order valence-corrected chi connectivity index (χ1v) is 11.7. The highest BCUT2D eigenvalue weighted by molar-refractivity contribution is 8.18. The van der Waals surface area contributed by atoms with Crippen molar-refractivity contribution in [3.8, 4) is 5.75 Å². The molecule has 0 spiro atoms. The summed E-state index contributed by atoms with van der Waals surface area (Å²) in [6.07, 6.45) is 2.35. The van der Waals surface area contributed by atoms with Gasteiger partial charge in [0.05, 0.1) is 28.7 Å². The maximum atomic E-state index is 12.7. The van der Waals surface area contributed by atoms with Crippen molar-refractivity contribution in [2.75, 3.05) is 7.11 Å². The van der Waals surface area contributed by atoms with Gasteiger partial charge in [0.2, 0.25) is 0 Å². The Morgan fingerprint density at radius 2 is 1.77 bits per heavy atom. The predicted octanol–water partition coefficient (Wildman–Crippen LogP) is 5.43. The number of nitro benzene ring substituents is 1. The Bertz CT molecular complexity index is 1370. The van der Waals surface area contributed by atoms with Crippen LogP contribution < -0.4 is 4.74 Å². The third-order valence-electron chi connectivity index (χ3n) is 5.72. The summed E-state index contributed by atoms with van der Waals surface area (Å²) in [4.78, 5) is 27.9. The van der Waals surface area contributed by atoms with Crippen LogP contribution in [0, 0.1) is 10.1 Å². The normalized spacial score (nSPS) is 18.5. The average molecular weight is 485 g/mol. The molecule has 1 atom stereocenters. The number of non-ortho nitro benzene ring substituents is 1. The summed E-state index contributed by atoms with van der Waals surface area (Å²) in [5, 5.41) is 18.1. The largest absolute Gasteiger partial charge is 0.497 e. The smallest absolute Gasteiger partial charge is 0.286 e. The van der Waals surface area contributed by atoms with Crippen LogP contribution >= 0.6 is 11.8 Å². The molecule has 0 aromatic heterocycles. The van der Waals surface area contributed by atoms with E-state index in [-0.39, 0.29) is 17.6 Å². The summed E-state index contributed by atoms with van der Waals surface area (Å²) < 4.78 is 5.29. The van der Waals surface area contributed by atoms with E-state index < -0.39 is 4.92 Å². The Balaban J connectivity index is 1.44. The van der Waals surface area contributed by atoms with Crippen molar-refractivity contribution < 1.29 is 14.5 Å². The number of ether oxygens (including phenoxy) is 1. The topological polar surface area (TPSA) is 97.4 Å². The van der Waals surface area contributed by atoms with Crippen LogP contribution in [0.4, 0.5) is 5.69 Å². The minimum absolute atomic E-state index is 0.00308. The van der Waals surface area contributed by atoms with Gasteiger partial charge in [-0.05, 0) is 58.8 Å². The summed E-state index contributed by atoms with van der Waals surface area (Å²) in [6, 6.07) is 23.7. The maximum Gasteiger partial charge on any atom is 0.286 e. The van der Waals surface area contributed by atoms with E-state index in [0.717, 1.165) is 22.6 Å². The second kappa shape index (κ2) is 9.55. The molecule has 0 N–H and O–H groups in total. The molecule has 3 aromatic rings. The summed E-state index contributed by atoms with van der Waals surface area (Å²) in [5.74, 6) is 0.402. The van der Waals surface area contributed by atoms with E-state index in [2.05, 4.69) is 4.99 Å². The van der Waals surface area contributed by atoms with Crippen LogP contribution in [0.5, 0.6) is 5.75 Å². The molecule has 0 aliphatic carbocycles. The molecule has 2 aliphatic heterocycles. The van der Waals surface area contributed by atoms with Gasteiger partial charge in [-0.3, -0.25) is 14.9 Å². The molecule has 2 aliphatic rings. The lowest BCUT2D eigenvalue weighted by Crippen LogP contribution is -2.23. The van der Waals surface area contributed by atoms with Crippen LogP contribution in [-0.2, 0) is 4.79 Å². The van der Waals surface area contributed by atoms with Gasteiger partial charge in [-0.2, -0.15) is 10.1 Å². The standard InChI is InChI=1S/C26H20N4O4S/c1-34-21-13-9-19(10-14-21)23-16-22(18-5-3-2-4-6-18)28-29(23)26-27-25(31)24(35-26)15-17-7-11-20(12-8-17)30(32)33/h2-15,23H,16H2,1H3/b24-15-. The van der Waals surface area contributed by atoms with Gasteiger partial charge >= 0.3 is 0 Å². The molecule has 1 unspecified atom stereocenters. The zero-order chi connectivity index (χ0) is 24.4. The number of aliphatic imine (C=N–C) groups is 1. The van der Waals surface area contributed by atoms with Crippen molar-refractivity contribution in [1.82, 2.24) is 5.01 Å². The number of hydrazone groups is 1. The van der Waals surface area contributed by atoms with E-state index in [1.54, 1.807) is 25.3 Å². The second-order valence-electron chi connectivity index (χ2n) is 7.91. The number of nitrogens with zero attached hydrogens (tertiary/aromatic N) is 4. The Kier molecular flexibility index (Phi) is 6.15. The summed E-state index contributed by atoms with van der Waals surface area (Å²) in [6.45, 7) is 0. The van der Waals surface area contributed by atoms with Crippen molar-refractivity contribution in [3.63, 3.8) is 0 Å². The second-order valence-corrected chi connectivity index (χ2v) is 8.92. The fraction of sp³-hybridized carbons (Fsp3) is 0.115. The molecule has 9 heteroatoms. The van der Waals surface area contributed by atoms with Gasteiger partial charge in [0.25, 0.3) is 11.6 Å². The molecule has 8 nitrogen and oxygen atoms in total. The molecule has 35 heavy (non-hydrogen) atoms. The van der Waals surface area contributed by atoms with Crippen LogP contribution in [-0.4, -0.2) is 33.8 Å². The molecule has 174 valence electrons. The van der Waals surface area contributed by atoms with E-state index in [9.17, 15) is 14.9 Å². The molecule has 0 bridgehead atoms. The van der Waals surface area contributed by atoms with Gasteiger partial charge in [-0.15, -0.1) is 0 Å². The lowest BCUT2D eigenvalue weighted by molar-refractivity contribution is -0.384. The monoisotopic (exact) mass is 484 g/mol. The number of hydrogen-bond acceptors (Lipinski definition) is 7. The number of methoxy groups -OCH3 is 1. The molecular weight excluding hydrogens is 464 g/mol. The number of benzene rings is 3. The molecule has 0 fully saturated rings. The fourth-order valence-corrected chi connectivity index (χ4v) is 4.83. The molecule has 0 saturated heterocycles. The van der Waals surface area contributed by atoms with Gasteiger partial charge in [0, 0.05) is 18.6 Å². The average Bonchev–Trinajstić information content (AvgIpc) is 3.49. The molecule has 1 amide bonds. The minimum Gasteiger partial charge on any atom is -0.497 e. The molecule has 0 saturated carbocycles. The Hall–Kier alpha value is -4.24. The van der Waals surface area contributed by atoms with Crippen molar-refractivity contribution in [2.24, 2.45) is 10.1 Å². The summed E-state index contributed by atoms with van der Waals surface area (Å²) in [5.41, 5.74) is 3.64. The molecule has 3 aromatic carbocycles.